The van der Waals surface area contributed by atoms with Crippen LogP contribution < -0.4 is 10.2 Å². The van der Waals surface area contributed by atoms with Gasteiger partial charge in [0.25, 0.3) is 0 Å². The first-order valence-corrected chi connectivity index (χ1v) is 15.2. The van der Waals surface area contributed by atoms with E-state index < -0.39 is 0 Å². The number of anilines is 2. The second-order valence-electron chi connectivity index (χ2n) is 13.3. The Morgan fingerprint density at radius 2 is 1.48 bits per heavy atom. The molecule has 0 saturated carbocycles. The Hall–Kier alpha value is -4.11. The molecule has 3 aliphatic rings. The molecule has 0 radical (unpaired) electrons. The van der Waals surface area contributed by atoms with Crippen LogP contribution in [-0.2, 0) is 10.8 Å². The number of rotatable bonds is 5. The van der Waals surface area contributed by atoms with Crippen LogP contribution in [0.25, 0.3) is 0 Å². The standard InChI is InChI=1S/C39H43N3/c1-26-14-20-33-31(24-26)38(3,4)35(41(33)7)22-18-28-16-17-29(37(28)40-30-12-10-9-11-13-30)19-23-36-39(5,6)32-25-27(2)15-21-34(32)42(36)8/h9-15,18-25H,16-17H2,1-8H3/p+1/b28-18+,35-22+. The van der Waals surface area contributed by atoms with Crippen molar-refractivity contribution in [3.05, 3.63) is 136 Å². The molecule has 1 aliphatic carbocycles. The van der Waals surface area contributed by atoms with Gasteiger partial charge in [0.05, 0.1) is 5.41 Å². The SMILES string of the molecule is Cc1ccc2c(c1)C(C)(C)C(/C=C/C1=C(Nc3ccccc3)C(=C/C=C3/N(C)c4ccc(C)cc4C3(C)C)/CC1)=[N+]2C. The van der Waals surface area contributed by atoms with Crippen LogP contribution in [0.4, 0.5) is 17.1 Å². The number of allylic oxidation sites excluding steroid dienone is 7. The van der Waals surface area contributed by atoms with Crippen molar-refractivity contribution in [1.82, 2.24) is 0 Å². The fourth-order valence-electron chi connectivity index (χ4n) is 7.14. The molecule has 3 aromatic carbocycles. The molecular formula is C39H44N3+. The van der Waals surface area contributed by atoms with Crippen molar-refractivity contribution in [3.8, 4) is 0 Å². The molecule has 3 aromatic rings. The molecule has 214 valence electrons. The number of nitrogens with one attached hydrogen (secondary N) is 1. The molecule has 0 aromatic heterocycles. The zero-order valence-corrected chi connectivity index (χ0v) is 26.5. The molecule has 3 nitrogen and oxygen atoms in total. The summed E-state index contributed by atoms with van der Waals surface area (Å²) in [5, 5.41) is 3.80. The van der Waals surface area contributed by atoms with E-state index in [4.69, 9.17) is 0 Å². The Labute approximate surface area is 252 Å². The number of para-hydroxylation sites is 1. The maximum atomic E-state index is 3.80. The third-order valence-electron chi connectivity index (χ3n) is 9.61. The van der Waals surface area contributed by atoms with Gasteiger partial charge in [0.1, 0.15) is 7.05 Å². The maximum absolute atomic E-state index is 3.80. The summed E-state index contributed by atoms with van der Waals surface area (Å²) in [7, 11) is 4.40. The highest BCUT2D eigenvalue weighted by Gasteiger charge is 2.43. The van der Waals surface area contributed by atoms with Crippen molar-refractivity contribution < 1.29 is 4.58 Å². The first-order valence-electron chi connectivity index (χ1n) is 15.2. The molecule has 0 amide bonds. The van der Waals surface area contributed by atoms with E-state index in [-0.39, 0.29) is 10.8 Å². The number of likely N-dealkylation sites (N-methyl/N-ethyl adjacent to an activating group) is 1. The van der Waals surface area contributed by atoms with Gasteiger partial charge in [-0.3, -0.25) is 0 Å². The molecule has 42 heavy (non-hydrogen) atoms. The van der Waals surface area contributed by atoms with Gasteiger partial charge in [-0.05, 0) is 87.6 Å². The van der Waals surface area contributed by atoms with E-state index in [1.807, 2.05) is 0 Å². The molecule has 2 heterocycles. The van der Waals surface area contributed by atoms with Crippen LogP contribution in [0, 0.1) is 13.8 Å². The Kier molecular flexibility index (Phi) is 6.88. The van der Waals surface area contributed by atoms with E-state index in [1.165, 1.54) is 61.9 Å². The number of fused-ring (bicyclic) bond motifs is 2. The minimum Gasteiger partial charge on any atom is -0.355 e. The third kappa shape index (κ3) is 4.65. The van der Waals surface area contributed by atoms with Gasteiger partial charge in [-0.15, -0.1) is 0 Å². The average molecular weight is 555 g/mol. The summed E-state index contributed by atoms with van der Waals surface area (Å²) >= 11 is 0. The lowest BCUT2D eigenvalue weighted by Crippen LogP contribution is -2.26. The Morgan fingerprint density at radius 1 is 0.786 bits per heavy atom. The first kappa shape index (κ1) is 28.0. The number of benzene rings is 3. The molecular weight excluding hydrogens is 510 g/mol. The van der Waals surface area contributed by atoms with Gasteiger partial charge in [0.2, 0.25) is 5.69 Å². The fraction of sp³-hybridized carbons (Fsp3) is 0.308. The van der Waals surface area contributed by atoms with Crippen molar-refractivity contribution in [2.24, 2.45) is 0 Å². The summed E-state index contributed by atoms with van der Waals surface area (Å²) in [4.78, 5) is 2.36. The molecule has 6 rings (SSSR count). The van der Waals surface area contributed by atoms with Gasteiger partial charge in [0, 0.05) is 52.9 Å². The molecule has 3 heteroatoms. The molecule has 0 unspecified atom stereocenters. The van der Waals surface area contributed by atoms with Gasteiger partial charge < -0.3 is 10.2 Å². The van der Waals surface area contributed by atoms with Crippen LogP contribution in [0.5, 0.6) is 0 Å². The molecule has 0 bridgehead atoms. The van der Waals surface area contributed by atoms with Gasteiger partial charge in [-0.1, -0.05) is 73.5 Å². The zero-order chi connectivity index (χ0) is 29.8. The quantitative estimate of drug-likeness (QED) is 0.317. The second kappa shape index (κ2) is 10.3. The van der Waals surface area contributed by atoms with E-state index in [0.29, 0.717) is 0 Å². The minimum atomic E-state index is -0.0477. The monoisotopic (exact) mass is 554 g/mol. The van der Waals surface area contributed by atoms with Crippen LogP contribution in [0.3, 0.4) is 0 Å². The van der Waals surface area contributed by atoms with Crippen molar-refractivity contribution in [2.75, 3.05) is 24.3 Å². The van der Waals surface area contributed by atoms with Gasteiger partial charge in [-0.2, -0.15) is 4.58 Å². The molecule has 2 aliphatic heterocycles. The van der Waals surface area contributed by atoms with Gasteiger partial charge >= 0.3 is 0 Å². The Morgan fingerprint density at radius 3 is 2.21 bits per heavy atom. The lowest BCUT2D eigenvalue weighted by atomic mass is 9.80. The van der Waals surface area contributed by atoms with E-state index in [9.17, 15) is 0 Å². The molecule has 0 fully saturated rings. The summed E-state index contributed by atoms with van der Waals surface area (Å²) in [6.45, 7) is 13.7. The minimum absolute atomic E-state index is 0.0477. The third-order valence-corrected chi connectivity index (χ3v) is 9.61. The van der Waals surface area contributed by atoms with Crippen LogP contribution in [0.2, 0.25) is 0 Å². The number of aryl methyl sites for hydroxylation is 2. The molecule has 1 N–H and O–H groups in total. The number of hydrogen-bond donors (Lipinski definition) is 1. The smallest absolute Gasteiger partial charge is 0.209 e. The van der Waals surface area contributed by atoms with Crippen LogP contribution in [0.1, 0.15) is 62.8 Å². The van der Waals surface area contributed by atoms with Crippen LogP contribution in [0.15, 0.2) is 114 Å². The molecule has 0 saturated heterocycles. The Bertz CT molecular complexity index is 1720. The predicted octanol–water partition coefficient (Wildman–Crippen LogP) is 9.26. The largest absolute Gasteiger partial charge is 0.355 e. The first-order chi connectivity index (χ1) is 20.0. The van der Waals surface area contributed by atoms with Crippen molar-refractivity contribution >= 4 is 22.8 Å². The number of nitrogens with zero attached hydrogens (tertiary/aromatic N) is 2. The fourth-order valence-corrected chi connectivity index (χ4v) is 7.14. The van der Waals surface area contributed by atoms with Crippen LogP contribution >= 0.6 is 0 Å². The van der Waals surface area contributed by atoms with Gasteiger partial charge in [0.15, 0.2) is 5.71 Å². The average Bonchev–Trinajstić information content (AvgIpc) is 3.48. The summed E-state index contributed by atoms with van der Waals surface area (Å²) in [5.41, 5.74) is 15.7. The topological polar surface area (TPSA) is 18.3 Å². The normalized spacial score (nSPS) is 20.8. The predicted molar refractivity (Wildman–Crippen MR) is 179 cm³/mol. The van der Waals surface area contributed by atoms with E-state index in [0.717, 1.165) is 18.5 Å². The lowest BCUT2D eigenvalue weighted by Gasteiger charge is -2.24. The summed E-state index contributed by atoms with van der Waals surface area (Å²) in [6.07, 6.45) is 11.5. The maximum Gasteiger partial charge on any atom is 0.209 e. The highest BCUT2D eigenvalue weighted by atomic mass is 15.2. The summed E-state index contributed by atoms with van der Waals surface area (Å²) in [6, 6.07) is 24.2. The lowest BCUT2D eigenvalue weighted by molar-refractivity contribution is -0.401. The van der Waals surface area contributed by atoms with Gasteiger partial charge in [-0.25, -0.2) is 0 Å². The van der Waals surface area contributed by atoms with E-state index in [1.54, 1.807) is 0 Å². The Balaban J connectivity index is 1.38. The highest BCUT2D eigenvalue weighted by Crippen LogP contribution is 2.47. The second-order valence-corrected chi connectivity index (χ2v) is 13.3. The van der Waals surface area contributed by atoms with E-state index >= 15 is 0 Å². The highest BCUT2D eigenvalue weighted by molar-refractivity contribution is 6.03. The van der Waals surface area contributed by atoms with Crippen LogP contribution in [-0.4, -0.2) is 24.4 Å². The van der Waals surface area contributed by atoms with Crippen molar-refractivity contribution in [1.29, 1.82) is 0 Å². The van der Waals surface area contributed by atoms with Crippen molar-refractivity contribution in [2.45, 2.75) is 65.2 Å². The number of hydrogen-bond acceptors (Lipinski definition) is 2. The summed E-state index contributed by atoms with van der Waals surface area (Å²) in [5.74, 6) is 0. The van der Waals surface area contributed by atoms with E-state index in [2.05, 4.69) is 161 Å². The van der Waals surface area contributed by atoms with Crippen molar-refractivity contribution in [3.63, 3.8) is 0 Å². The molecule has 0 spiro atoms. The molecule has 0 atom stereocenters. The summed E-state index contributed by atoms with van der Waals surface area (Å²) < 4.78 is 2.36. The zero-order valence-electron chi connectivity index (χ0n) is 26.5.